The fraction of sp³-hybridized carbons (Fsp3) is 0.429. The first-order valence-electron chi connectivity index (χ1n) is 5.84. The Morgan fingerprint density at radius 1 is 1.16 bits per heavy atom. The minimum Gasteiger partial charge on any atom is -0.476 e. The maximum Gasteiger partial charge on any atom is 0.429 e. The molecule has 1 heterocycles. The fourth-order valence-electron chi connectivity index (χ4n) is 1.92. The summed E-state index contributed by atoms with van der Waals surface area (Å²) in [6.45, 7) is 5.83. The first-order chi connectivity index (χ1) is 8.59. The molecule has 0 fully saturated rings. The normalized spacial score (nSPS) is 19.0. The van der Waals surface area contributed by atoms with E-state index in [-0.39, 0.29) is 11.2 Å². The van der Waals surface area contributed by atoms with E-state index in [0.29, 0.717) is 10.6 Å². The highest BCUT2D eigenvalue weighted by Gasteiger charge is 2.41. The SMILES string of the molecule is CC(C)(C)c1cc2c(cc1Cl)C=C[C@H](C(F)(F)F)O2. The average molecular weight is 291 g/mol. The van der Waals surface area contributed by atoms with Gasteiger partial charge >= 0.3 is 6.18 Å². The molecule has 0 saturated carbocycles. The molecule has 0 amide bonds. The van der Waals surface area contributed by atoms with Crippen molar-refractivity contribution in [2.24, 2.45) is 0 Å². The zero-order valence-corrected chi connectivity index (χ0v) is 11.6. The third-order valence-electron chi connectivity index (χ3n) is 2.93. The second-order valence-corrected chi connectivity index (χ2v) is 5.97. The Morgan fingerprint density at radius 3 is 2.32 bits per heavy atom. The highest BCUT2D eigenvalue weighted by molar-refractivity contribution is 6.31. The summed E-state index contributed by atoms with van der Waals surface area (Å²) < 4.78 is 43.0. The van der Waals surface area contributed by atoms with Crippen LogP contribution in [0.25, 0.3) is 6.08 Å². The Balaban J connectivity index is 2.45. The molecule has 0 radical (unpaired) electrons. The van der Waals surface area contributed by atoms with E-state index in [4.69, 9.17) is 16.3 Å². The van der Waals surface area contributed by atoms with E-state index in [2.05, 4.69) is 0 Å². The van der Waals surface area contributed by atoms with Gasteiger partial charge in [0.1, 0.15) is 5.75 Å². The van der Waals surface area contributed by atoms with Gasteiger partial charge in [-0.1, -0.05) is 38.4 Å². The Hall–Kier alpha value is -1.16. The van der Waals surface area contributed by atoms with Gasteiger partial charge in [-0.25, -0.2) is 0 Å². The molecule has 1 nitrogen and oxygen atoms in total. The summed E-state index contributed by atoms with van der Waals surface area (Å²) in [5.41, 5.74) is 1.08. The Kier molecular flexibility index (Phi) is 3.33. The molecule has 0 saturated heterocycles. The molecule has 19 heavy (non-hydrogen) atoms. The van der Waals surface area contributed by atoms with Crippen molar-refractivity contribution in [2.45, 2.75) is 38.5 Å². The molecule has 0 unspecified atom stereocenters. The summed E-state index contributed by atoms with van der Waals surface area (Å²) in [5, 5.41) is 0.532. The summed E-state index contributed by atoms with van der Waals surface area (Å²) >= 11 is 6.16. The Labute approximate surface area is 115 Å². The molecule has 1 aliphatic rings. The molecule has 0 aliphatic carbocycles. The van der Waals surface area contributed by atoms with Crippen molar-refractivity contribution in [1.82, 2.24) is 0 Å². The molecule has 5 heteroatoms. The van der Waals surface area contributed by atoms with Crippen LogP contribution >= 0.6 is 11.6 Å². The van der Waals surface area contributed by atoms with E-state index in [9.17, 15) is 13.2 Å². The van der Waals surface area contributed by atoms with E-state index in [1.165, 1.54) is 6.08 Å². The number of rotatable bonds is 0. The van der Waals surface area contributed by atoms with Crippen LogP contribution in [0.15, 0.2) is 18.2 Å². The standard InChI is InChI=1S/C14H14ClF3O/c1-13(2,3)9-7-11-8(6-10(9)15)4-5-12(19-11)14(16,17)18/h4-7,12H,1-3H3/t12-/m1/s1. The van der Waals surface area contributed by atoms with Gasteiger partial charge in [0.25, 0.3) is 0 Å². The van der Waals surface area contributed by atoms with Gasteiger partial charge in [-0.2, -0.15) is 13.2 Å². The lowest BCUT2D eigenvalue weighted by molar-refractivity contribution is -0.180. The minimum atomic E-state index is -4.41. The first kappa shape index (κ1) is 14.3. The lowest BCUT2D eigenvalue weighted by Gasteiger charge is -2.27. The maximum atomic E-state index is 12.6. The predicted molar refractivity (Wildman–Crippen MR) is 69.7 cm³/mol. The van der Waals surface area contributed by atoms with Crippen molar-refractivity contribution in [3.05, 3.63) is 34.4 Å². The van der Waals surface area contributed by atoms with Crippen LogP contribution in [0.3, 0.4) is 0 Å². The second-order valence-electron chi connectivity index (χ2n) is 5.56. The average Bonchev–Trinajstić information content (AvgIpc) is 2.24. The molecule has 2 rings (SSSR count). The van der Waals surface area contributed by atoms with Crippen molar-refractivity contribution in [3.8, 4) is 5.75 Å². The van der Waals surface area contributed by atoms with E-state index >= 15 is 0 Å². The van der Waals surface area contributed by atoms with Crippen LogP contribution in [0.4, 0.5) is 13.2 Å². The molecular weight excluding hydrogens is 277 g/mol. The van der Waals surface area contributed by atoms with Gasteiger partial charge in [-0.15, -0.1) is 0 Å². The van der Waals surface area contributed by atoms with E-state index < -0.39 is 12.3 Å². The quantitative estimate of drug-likeness (QED) is 0.655. The van der Waals surface area contributed by atoms with Gasteiger partial charge in [0.15, 0.2) is 0 Å². The van der Waals surface area contributed by atoms with E-state index in [1.54, 1.807) is 12.1 Å². The first-order valence-corrected chi connectivity index (χ1v) is 6.22. The molecule has 0 spiro atoms. The number of ether oxygens (including phenoxy) is 1. The molecule has 1 aliphatic heterocycles. The van der Waals surface area contributed by atoms with Gasteiger partial charge in [-0.05, 0) is 29.2 Å². The molecule has 1 aromatic rings. The molecule has 104 valence electrons. The van der Waals surface area contributed by atoms with Crippen LogP contribution < -0.4 is 4.74 Å². The summed E-state index contributed by atoms with van der Waals surface area (Å²) in [5.74, 6) is 0.221. The molecular formula is C14H14ClF3O. The molecule has 0 N–H and O–H groups in total. The lowest BCUT2D eigenvalue weighted by Crippen LogP contribution is -2.34. The predicted octanol–water partition coefficient (Wildman–Crippen LogP) is 4.97. The van der Waals surface area contributed by atoms with Crippen molar-refractivity contribution in [1.29, 1.82) is 0 Å². The van der Waals surface area contributed by atoms with Crippen molar-refractivity contribution in [3.63, 3.8) is 0 Å². The van der Waals surface area contributed by atoms with Crippen molar-refractivity contribution in [2.75, 3.05) is 0 Å². The van der Waals surface area contributed by atoms with E-state index in [0.717, 1.165) is 11.6 Å². The van der Waals surface area contributed by atoms with Crippen LogP contribution in [0.2, 0.25) is 5.02 Å². The molecule has 0 aromatic heterocycles. The van der Waals surface area contributed by atoms with Gasteiger partial charge in [0.2, 0.25) is 6.10 Å². The van der Waals surface area contributed by atoms with Crippen LogP contribution in [-0.2, 0) is 5.41 Å². The van der Waals surface area contributed by atoms with Gasteiger partial charge in [-0.3, -0.25) is 0 Å². The number of halogens is 4. The lowest BCUT2D eigenvalue weighted by atomic mass is 9.86. The third kappa shape index (κ3) is 2.89. The minimum absolute atomic E-state index is 0.221. The Bertz CT molecular complexity index is 527. The molecule has 0 bridgehead atoms. The highest BCUT2D eigenvalue weighted by atomic mass is 35.5. The third-order valence-corrected chi connectivity index (χ3v) is 3.25. The number of hydrogen-bond acceptors (Lipinski definition) is 1. The number of fused-ring (bicyclic) bond motifs is 1. The van der Waals surface area contributed by atoms with Crippen LogP contribution in [0.1, 0.15) is 31.9 Å². The zero-order valence-electron chi connectivity index (χ0n) is 10.8. The summed E-state index contributed by atoms with van der Waals surface area (Å²) in [7, 11) is 0. The monoisotopic (exact) mass is 290 g/mol. The van der Waals surface area contributed by atoms with Crippen molar-refractivity contribution >= 4 is 17.7 Å². The van der Waals surface area contributed by atoms with Gasteiger partial charge < -0.3 is 4.74 Å². The number of alkyl halides is 3. The van der Waals surface area contributed by atoms with Gasteiger partial charge in [0.05, 0.1) is 0 Å². The smallest absolute Gasteiger partial charge is 0.429 e. The zero-order chi connectivity index (χ0) is 14.4. The van der Waals surface area contributed by atoms with Crippen LogP contribution in [0.5, 0.6) is 5.75 Å². The molecule has 1 aromatic carbocycles. The number of hydrogen-bond donors (Lipinski definition) is 0. The summed E-state index contributed by atoms with van der Waals surface area (Å²) in [6, 6.07) is 3.24. The topological polar surface area (TPSA) is 9.23 Å². The van der Waals surface area contributed by atoms with Gasteiger partial charge in [0, 0.05) is 10.6 Å². The number of benzene rings is 1. The Morgan fingerprint density at radius 2 is 1.79 bits per heavy atom. The summed E-state index contributed by atoms with van der Waals surface area (Å²) in [6.07, 6.45) is -3.91. The van der Waals surface area contributed by atoms with E-state index in [1.807, 2.05) is 20.8 Å². The highest BCUT2D eigenvalue weighted by Crippen LogP contribution is 2.39. The second kappa shape index (κ2) is 4.44. The largest absolute Gasteiger partial charge is 0.476 e. The fourth-order valence-corrected chi connectivity index (χ4v) is 2.37. The molecule has 1 atom stereocenters. The van der Waals surface area contributed by atoms with Crippen LogP contribution in [0, 0.1) is 0 Å². The van der Waals surface area contributed by atoms with Crippen LogP contribution in [-0.4, -0.2) is 12.3 Å². The van der Waals surface area contributed by atoms with Crippen molar-refractivity contribution < 1.29 is 17.9 Å². The summed E-state index contributed by atoms with van der Waals surface area (Å²) in [4.78, 5) is 0. The maximum absolute atomic E-state index is 12.6.